The molecular weight excluding hydrogens is 286 g/mol. The van der Waals surface area contributed by atoms with Gasteiger partial charge in [0.25, 0.3) is 0 Å². The van der Waals surface area contributed by atoms with Crippen molar-refractivity contribution in [2.24, 2.45) is 0 Å². The minimum Gasteiger partial charge on any atom is -0.345 e. The molecule has 3 heterocycles. The Labute approximate surface area is 132 Å². The third-order valence-electron chi connectivity index (χ3n) is 3.47. The number of aromatic nitrogens is 5. The Morgan fingerprint density at radius 2 is 1.26 bits per heavy atom. The number of para-hydroxylation sites is 4. The Kier molecular flexibility index (Phi) is 3.37. The van der Waals surface area contributed by atoms with Gasteiger partial charge in [-0.3, -0.25) is 4.98 Å². The Morgan fingerprint density at radius 3 is 1.78 bits per heavy atom. The number of benzene rings is 2. The highest BCUT2D eigenvalue weighted by atomic mass is 14.9. The van der Waals surface area contributed by atoms with E-state index >= 15 is 0 Å². The van der Waals surface area contributed by atoms with Crippen molar-refractivity contribution in [1.29, 1.82) is 0 Å². The molecule has 0 fully saturated rings. The Morgan fingerprint density at radius 1 is 0.696 bits per heavy atom. The van der Waals surface area contributed by atoms with Crippen LogP contribution in [0.1, 0.15) is 0 Å². The third-order valence-corrected chi connectivity index (χ3v) is 3.47. The molecule has 0 bridgehead atoms. The van der Waals surface area contributed by atoms with Crippen LogP contribution in [0, 0.1) is 0 Å². The maximum Gasteiger partial charge on any atom is 0.105 e. The van der Waals surface area contributed by atoms with Gasteiger partial charge in [0.2, 0.25) is 0 Å². The molecule has 3 aromatic rings. The van der Waals surface area contributed by atoms with Crippen LogP contribution >= 0.6 is 0 Å². The molecule has 2 aliphatic rings. The van der Waals surface area contributed by atoms with Gasteiger partial charge in [0.1, 0.15) is 5.69 Å². The largest absolute Gasteiger partial charge is 0.345 e. The second kappa shape index (κ2) is 5.81. The monoisotopic (exact) mass is 299 g/mol. The number of nitrogens with one attached hydrogen (secondary N) is 1. The van der Waals surface area contributed by atoms with Crippen LogP contribution in [0.3, 0.4) is 0 Å². The lowest BCUT2D eigenvalue weighted by Gasteiger charge is -1.98. The zero-order valence-electron chi connectivity index (χ0n) is 12.2. The van der Waals surface area contributed by atoms with E-state index in [2.05, 4.69) is 24.9 Å². The number of hydrogen-bond acceptors (Lipinski definition) is 4. The van der Waals surface area contributed by atoms with Crippen LogP contribution in [-0.4, -0.2) is 24.9 Å². The molecule has 0 spiro atoms. The lowest BCUT2D eigenvalue weighted by molar-refractivity contribution is 1.15. The Bertz CT molecular complexity index is 905. The first-order chi connectivity index (χ1) is 11.4. The van der Waals surface area contributed by atoms with Crippen molar-refractivity contribution in [3.63, 3.8) is 0 Å². The number of hydrogen-bond donors (Lipinski definition) is 1. The molecule has 5 rings (SSSR count). The van der Waals surface area contributed by atoms with Gasteiger partial charge in [0.05, 0.1) is 40.3 Å². The number of aromatic amines is 1. The van der Waals surface area contributed by atoms with Crippen molar-refractivity contribution in [2.75, 3.05) is 0 Å². The van der Waals surface area contributed by atoms with Crippen molar-refractivity contribution >= 4 is 22.1 Å². The SMILES string of the molecule is c1cc2[nH]cncc-2n1.c1ccc2nc3ccccc3nc2c1. The zero-order valence-corrected chi connectivity index (χ0v) is 12.2. The van der Waals surface area contributed by atoms with E-state index in [9.17, 15) is 0 Å². The van der Waals surface area contributed by atoms with Gasteiger partial charge >= 0.3 is 0 Å². The first kappa shape index (κ1) is 13.3. The molecule has 2 aliphatic heterocycles. The Balaban J connectivity index is 0.000000130. The van der Waals surface area contributed by atoms with Crippen molar-refractivity contribution < 1.29 is 0 Å². The second-order valence-corrected chi connectivity index (χ2v) is 5.00. The van der Waals surface area contributed by atoms with Crippen LogP contribution in [0.5, 0.6) is 0 Å². The molecule has 0 saturated heterocycles. The first-order valence-corrected chi connectivity index (χ1v) is 7.25. The number of fused-ring (bicyclic) bond motifs is 3. The normalized spacial score (nSPS) is 10.6. The molecule has 0 aliphatic carbocycles. The van der Waals surface area contributed by atoms with Gasteiger partial charge in [0, 0.05) is 6.20 Å². The quantitative estimate of drug-likeness (QED) is 0.443. The predicted molar refractivity (Wildman–Crippen MR) is 90.0 cm³/mol. The molecule has 110 valence electrons. The lowest BCUT2D eigenvalue weighted by atomic mass is 10.2. The summed E-state index contributed by atoms with van der Waals surface area (Å²) in [5.74, 6) is 0. The molecule has 1 aromatic heterocycles. The van der Waals surface area contributed by atoms with Crippen LogP contribution in [-0.2, 0) is 0 Å². The summed E-state index contributed by atoms with van der Waals surface area (Å²) >= 11 is 0. The second-order valence-electron chi connectivity index (χ2n) is 5.00. The molecule has 0 atom stereocenters. The molecule has 23 heavy (non-hydrogen) atoms. The smallest absolute Gasteiger partial charge is 0.105 e. The van der Waals surface area contributed by atoms with Crippen LogP contribution < -0.4 is 0 Å². The van der Waals surface area contributed by atoms with Crippen LogP contribution in [0.25, 0.3) is 33.5 Å². The molecular formula is C18H13N5. The highest BCUT2D eigenvalue weighted by molar-refractivity contribution is 5.85. The van der Waals surface area contributed by atoms with Crippen LogP contribution in [0.4, 0.5) is 0 Å². The molecule has 0 radical (unpaired) electrons. The van der Waals surface area contributed by atoms with E-state index in [1.165, 1.54) is 0 Å². The molecule has 5 heteroatoms. The molecule has 1 N–H and O–H groups in total. The zero-order chi connectivity index (χ0) is 15.5. The van der Waals surface area contributed by atoms with Crippen molar-refractivity contribution in [3.8, 4) is 11.4 Å². The average Bonchev–Trinajstić information content (AvgIpc) is 3.09. The standard InChI is InChI=1S/C12H8N2.C6H5N3/c1-2-6-10-9(5-1)13-11-7-3-4-8-12(11)14-10;1-2-8-6-3-7-4-9-5(1)6/h1-8H;1-4H,(H,7,9). The fourth-order valence-corrected chi connectivity index (χ4v) is 2.35. The van der Waals surface area contributed by atoms with Gasteiger partial charge in [-0.15, -0.1) is 0 Å². The summed E-state index contributed by atoms with van der Waals surface area (Å²) in [6, 6.07) is 17.7. The predicted octanol–water partition coefficient (Wildman–Crippen LogP) is 3.69. The summed E-state index contributed by atoms with van der Waals surface area (Å²) in [6.45, 7) is 0. The lowest BCUT2D eigenvalue weighted by Crippen LogP contribution is -1.85. The summed E-state index contributed by atoms with van der Waals surface area (Å²) < 4.78 is 0. The van der Waals surface area contributed by atoms with E-state index in [1.54, 1.807) is 18.7 Å². The number of H-pyrrole nitrogens is 1. The fraction of sp³-hybridized carbons (Fsp3) is 0. The highest BCUT2D eigenvalue weighted by Gasteiger charge is 1.99. The van der Waals surface area contributed by atoms with Gasteiger partial charge in [-0.05, 0) is 30.3 Å². The van der Waals surface area contributed by atoms with Gasteiger partial charge < -0.3 is 4.98 Å². The molecule has 0 saturated carbocycles. The van der Waals surface area contributed by atoms with E-state index in [1.807, 2.05) is 54.6 Å². The van der Waals surface area contributed by atoms with E-state index in [4.69, 9.17) is 0 Å². The minimum atomic E-state index is 0.914. The van der Waals surface area contributed by atoms with Crippen LogP contribution in [0.15, 0.2) is 73.3 Å². The van der Waals surface area contributed by atoms with E-state index < -0.39 is 0 Å². The molecule has 2 aromatic carbocycles. The summed E-state index contributed by atoms with van der Waals surface area (Å²) in [5, 5.41) is 0. The topological polar surface area (TPSA) is 67.3 Å². The van der Waals surface area contributed by atoms with Crippen molar-refractivity contribution in [1.82, 2.24) is 24.9 Å². The van der Waals surface area contributed by atoms with Crippen molar-refractivity contribution in [3.05, 3.63) is 73.3 Å². The fourth-order valence-electron chi connectivity index (χ4n) is 2.35. The molecule has 5 nitrogen and oxygen atoms in total. The maximum atomic E-state index is 4.52. The number of nitrogens with zero attached hydrogens (tertiary/aromatic N) is 4. The minimum absolute atomic E-state index is 0.914. The van der Waals surface area contributed by atoms with Gasteiger partial charge in [-0.25, -0.2) is 15.0 Å². The summed E-state index contributed by atoms with van der Waals surface area (Å²) in [5.41, 5.74) is 5.75. The number of rotatable bonds is 0. The average molecular weight is 299 g/mol. The Hall–Kier alpha value is -3.34. The van der Waals surface area contributed by atoms with E-state index in [-0.39, 0.29) is 0 Å². The summed E-state index contributed by atoms with van der Waals surface area (Å²) in [7, 11) is 0. The van der Waals surface area contributed by atoms with E-state index in [0.29, 0.717) is 0 Å². The third kappa shape index (κ3) is 2.72. The highest BCUT2D eigenvalue weighted by Crippen LogP contribution is 2.14. The van der Waals surface area contributed by atoms with Gasteiger partial charge in [-0.2, -0.15) is 0 Å². The molecule has 0 amide bonds. The molecule has 0 unspecified atom stereocenters. The maximum absolute atomic E-state index is 4.52. The summed E-state index contributed by atoms with van der Waals surface area (Å²) in [4.78, 5) is 19.9. The summed E-state index contributed by atoms with van der Waals surface area (Å²) in [6.07, 6.45) is 5.12. The van der Waals surface area contributed by atoms with Crippen molar-refractivity contribution in [2.45, 2.75) is 0 Å². The van der Waals surface area contributed by atoms with Crippen LogP contribution in [0.2, 0.25) is 0 Å². The first-order valence-electron chi connectivity index (χ1n) is 7.25. The van der Waals surface area contributed by atoms with E-state index in [0.717, 1.165) is 33.5 Å². The van der Waals surface area contributed by atoms with Gasteiger partial charge in [-0.1, -0.05) is 24.3 Å². The van der Waals surface area contributed by atoms with Gasteiger partial charge in [0.15, 0.2) is 0 Å².